The van der Waals surface area contributed by atoms with Crippen LogP contribution in [0, 0.1) is 0 Å². The molecule has 24 heavy (non-hydrogen) atoms. The average molecular weight is 376 g/mol. The summed E-state index contributed by atoms with van der Waals surface area (Å²) >= 11 is 11.4. The zero-order valence-corrected chi connectivity index (χ0v) is 15.1. The number of ether oxygens (including phenoxy) is 2. The van der Waals surface area contributed by atoms with Crippen LogP contribution in [-0.4, -0.2) is 55.7 Å². The van der Waals surface area contributed by atoms with Gasteiger partial charge in [-0.2, -0.15) is 0 Å². The van der Waals surface area contributed by atoms with Crippen LogP contribution >= 0.6 is 23.2 Å². The van der Waals surface area contributed by atoms with Gasteiger partial charge in [0, 0.05) is 32.6 Å². The largest absolute Gasteiger partial charge is 0.474 e. The van der Waals surface area contributed by atoms with E-state index in [4.69, 9.17) is 38.4 Å². The second kappa shape index (κ2) is 9.81. The number of hydrogen-bond donors (Lipinski definition) is 1. The molecule has 1 aliphatic heterocycles. The summed E-state index contributed by atoms with van der Waals surface area (Å²) in [5.41, 5.74) is 6.13. The summed E-state index contributed by atoms with van der Waals surface area (Å²) in [6.45, 7) is 4.44. The van der Waals surface area contributed by atoms with Gasteiger partial charge in [0.1, 0.15) is 0 Å². The number of alkyl halides is 2. The van der Waals surface area contributed by atoms with Crippen molar-refractivity contribution in [2.45, 2.75) is 12.8 Å². The Balaban J connectivity index is 1.98. The molecule has 0 spiro atoms. The first-order valence-electron chi connectivity index (χ1n) is 7.92. The number of hydrogen-bond acceptors (Lipinski definition) is 5. The molecule has 1 fully saturated rings. The third-order valence-electron chi connectivity index (χ3n) is 3.98. The summed E-state index contributed by atoms with van der Waals surface area (Å²) in [6, 6.07) is 5.82. The molecule has 0 unspecified atom stereocenters. The van der Waals surface area contributed by atoms with Crippen LogP contribution in [0.2, 0.25) is 0 Å². The average Bonchev–Trinajstić information content (AvgIpc) is 2.57. The normalized spacial score (nSPS) is 15.3. The number of benzene rings is 1. The maximum Gasteiger partial charge on any atom is 0.217 e. The number of carbonyl (C=O) groups excluding carboxylic acids is 1. The van der Waals surface area contributed by atoms with Crippen LogP contribution in [0.5, 0.6) is 11.5 Å². The highest BCUT2D eigenvalue weighted by Crippen LogP contribution is 2.38. The molecule has 1 aromatic carbocycles. The number of para-hydroxylation sites is 1. The Bertz CT molecular complexity index is 537. The van der Waals surface area contributed by atoms with Crippen LogP contribution in [0.4, 0.5) is 5.69 Å². The molecule has 1 saturated heterocycles. The Morgan fingerprint density at radius 2 is 1.83 bits per heavy atom. The molecule has 8 heteroatoms. The number of anilines is 1. The molecule has 1 amide bonds. The van der Waals surface area contributed by atoms with Crippen molar-refractivity contribution in [2.24, 2.45) is 5.73 Å². The highest BCUT2D eigenvalue weighted by molar-refractivity contribution is 6.17. The van der Waals surface area contributed by atoms with Gasteiger partial charge in [0.25, 0.3) is 0 Å². The molecule has 0 radical (unpaired) electrons. The lowest BCUT2D eigenvalue weighted by molar-refractivity contribution is -0.118. The molecular formula is C16H23Cl2N3O3. The monoisotopic (exact) mass is 375 g/mol. The molecule has 0 bridgehead atoms. The predicted molar refractivity (Wildman–Crippen MR) is 96.2 cm³/mol. The van der Waals surface area contributed by atoms with E-state index in [9.17, 15) is 4.79 Å². The van der Waals surface area contributed by atoms with E-state index in [0.717, 1.165) is 44.8 Å². The van der Waals surface area contributed by atoms with Crippen LogP contribution in [-0.2, 0) is 4.79 Å². The number of amides is 1. The number of halogens is 2. The van der Waals surface area contributed by atoms with Gasteiger partial charge in [-0.05, 0) is 25.1 Å². The van der Waals surface area contributed by atoms with E-state index in [2.05, 4.69) is 9.80 Å². The Morgan fingerprint density at radius 3 is 2.46 bits per heavy atom. The highest BCUT2D eigenvalue weighted by atomic mass is 35.5. The van der Waals surface area contributed by atoms with Crippen LogP contribution in [0.15, 0.2) is 18.2 Å². The minimum Gasteiger partial charge on any atom is -0.474 e. The summed E-state index contributed by atoms with van der Waals surface area (Å²) in [5, 5.41) is 0. The maximum atomic E-state index is 10.8. The number of piperazine rings is 1. The topological polar surface area (TPSA) is 68.0 Å². The second-order valence-electron chi connectivity index (χ2n) is 5.51. The fraction of sp³-hybridized carbons (Fsp3) is 0.562. The maximum absolute atomic E-state index is 10.8. The van der Waals surface area contributed by atoms with Gasteiger partial charge in [-0.1, -0.05) is 29.3 Å². The van der Waals surface area contributed by atoms with Gasteiger partial charge in [-0.25, -0.2) is 0 Å². The first-order valence-corrected chi connectivity index (χ1v) is 8.98. The molecule has 0 saturated carbocycles. The summed E-state index contributed by atoms with van der Waals surface area (Å²) < 4.78 is 11.0. The Labute approximate surface area is 152 Å². The second-order valence-corrected chi connectivity index (χ2v) is 5.95. The molecular weight excluding hydrogens is 353 g/mol. The van der Waals surface area contributed by atoms with Gasteiger partial charge >= 0.3 is 0 Å². The smallest absolute Gasteiger partial charge is 0.217 e. The van der Waals surface area contributed by atoms with Crippen molar-refractivity contribution >= 4 is 34.8 Å². The molecule has 6 nitrogen and oxygen atoms in total. The first-order chi connectivity index (χ1) is 11.7. The standard InChI is InChI=1S/C16H23Cl2N3O3/c17-11-23-14-4-1-3-13(16(14)24-12-18)21-9-7-20(8-10-21)6-2-5-15(19)22/h1,3-4H,2,5-12H2,(H2,19,22). The number of carbonyl (C=O) groups is 1. The van der Waals surface area contributed by atoms with Crippen molar-refractivity contribution in [1.82, 2.24) is 4.90 Å². The molecule has 2 N–H and O–H groups in total. The third kappa shape index (κ3) is 5.33. The summed E-state index contributed by atoms with van der Waals surface area (Å²) in [5.74, 6) is 0.968. The minimum atomic E-state index is -0.243. The summed E-state index contributed by atoms with van der Waals surface area (Å²) in [4.78, 5) is 15.4. The van der Waals surface area contributed by atoms with Crippen molar-refractivity contribution in [2.75, 3.05) is 49.8 Å². The summed E-state index contributed by atoms with van der Waals surface area (Å²) in [7, 11) is 0. The quantitative estimate of drug-likeness (QED) is 0.670. The van der Waals surface area contributed by atoms with Crippen LogP contribution in [0.25, 0.3) is 0 Å². The van der Waals surface area contributed by atoms with Gasteiger partial charge in [-0.15, -0.1) is 0 Å². The van der Waals surface area contributed by atoms with E-state index in [1.807, 2.05) is 18.2 Å². The van der Waals surface area contributed by atoms with Crippen LogP contribution in [0.3, 0.4) is 0 Å². The van der Waals surface area contributed by atoms with Crippen LogP contribution < -0.4 is 20.1 Å². The van der Waals surface area contributed by atoms with E-state index in [1.165, 1.54) is 0 Å². The van der Waals surface area contributed by atoms with Crippen molar-refractivity contribution in [1.29, 1.82) is 0 Å². The minimum absolute atomic E-state index is 0.0444. The Hall–Kier alpha value is -1.37. The van der Waals surface area contributed by atoms with Crippen molar-refractivity contribution in [3.8, 4) is 11.5 Å². The number of rotatable bonds is 9. The lowest BCUT2D eigenvalue weighted by atomic mass is 10.2. The molecule has 1 aromatic rings. The molecule has 0 aliphatic carbocycles. The Kier molecular flexibility index (Phi) is 7.75. The van der Waals surface area contributed by atoms with E-state index in [-0.39, 0.29) is 18.0 Å². The fourth-order valence-electron chi connectivity index (χ4n) is 2.81. The van der Waals surface area contributed by atoms with Crippen molar-refractivity contribution in [3.63, 3.8) is 0 Å². The molecule has 2 rings (SSSR count). The number of primary amides is 1. The molecule has 0 atom stereocenters. The molecule has 134 valence electrons. The fourth-order valence-corrected chi connectivity index (χ4v) is 3.04. The highest BCUT2D eigenvalue weighted by Gasteiger charge is 2.21. The van der Waals surface area contributed by atoms with Crippen molar-refractivity contribution < 1.29 is 14.3 Å². The van der Waals surface area contributed by atoms with E-state index in [0.29, 0.717) is 17.9 Å². The van der Waals surface area contributed by atoms with Crippen molar-refractivity contribution in [3.05, 3.63) is 18.2 Å². The van der Waals surface area contributed by atoms with Gasteiger partial charge in [0.05, 0.1) is 5.69 Å². The van der Waals surface area contributed by atoms with E-state index in [1.54, 1.807) is 0 Å². The lowest BCUT2D eigenvalue weighted by Crippen LogP contribution is -2.46. The van der Waals surface area contributed by atoms with Gasteiger partial charge < -0.3 is 20.1 Å². The predicted octanol–water partition coefficient (Wildman–Crippen LogP) is 2.22. The zero-order chi connectivity index (χ0) is 17.4. The lowest BCUT2D eigenvalue weighted by Gasteiger charge is -2.36. The van der Waals surface area contributed by atoms with Crippen LogP contribution in [0.1, 0.15) is 12.8 Å². The SMILES string of the molecule is NC(=O)CCCN1CCN(c2cccc(OCCl)c2OCCl)CC1. The van der Waals surface area contributed by atoms with E-state index < -0.39 is 0 Å². The molecule has 0 aromatic heterocycles. The zero-order valence-electron chi connectivity index (χ0n) is 13.5. The van der Waals surface area contributed by atoms with Gasteiger partial charge in [0.15, 0.2) is 23.6 Å². The Morgan fingerprint density at radius 1 is 1.12 bits per heavy atom. The first kappa shape index (κ1) is 19.0. The molecule has 1 aliphatic rings. The summed E-state index contributed by atoms with van der Waals surface area (Å²) in [6.07, 6.45) is 1.24. The third-order valence-corrected chi connectivity index (χ3v) is 4.20. The molecule has 1 heterocycles. The van der Waals surface area contributed by atoms with E-state index >= 15 is 0 Å². The number of nitrogens with two attached hydrogens (primary N) is 1. The number of nitrogens with zero attached hydrogens (tertiary/aromatic N) is 2. The van der Waals surface area contributed by atoms with Gasteiger partial charge in [0.2, 0.25) is 5.91 Å². The van der Waals surface area contributed by atoms with Gasteiger partial charge in [-0.3, -0.25) is 9.69 Å².